The van der Waals surface area contributed by atoms with Crippen molar-refractivity contribution < 1.29 is 26.4 Å². The third kappa shape index (κ3) is 5.55. The van der Waals surface area contributed by atoms with Gasteiger partial charge in [0, 0.05) is 30.4 Å². The van der Waals surface area contributed by atoms with Crippen LogP contribution in [-0.4, -0.2) is 34.1 Å². The molecule has 3 aromatic rings. The number of carbonyl (C=O) groups excluding carboxylic acids is 1. The van der Waals surface area contributed by atoms with Crippen molar-refractivity contribution in [2.45, 2.75) is 42.8 Å². The molecule has 1 aliphatic carbocycles. The van der Waals surface area contributed by atoms with E-state index in [1.54, 1.807) is 6.07 Å². The van der Waals surface area contributed by atoms with Gasteiger partial charge in [0.05, 0.1) is 21.6 Å². The van der Waals surface area contributed by atoms with E-state index in [1.165, 1.54) is 41.3 Å². The van der Waals surface area contributed by atoms with Crippen molar-refractivity contribution in [3.8, 4) is 0 Å². The fourth-order valence-electron chi connectivity index (χ4n) is 3.23. The maximum Gasteiger partial charge on any atom is 0.436 e. The second-order valence-corrected chi connectivity index (χ2v) is 10.0. The van der Waals surface area contributed by atoms with Gasteiger partial charge in [-0.15, -0.1) is 0 Å². The van der Waals surface area contributed by atoms with E-state index in [2.05, 4.69) is 41.0 Å². The number of sulfonamides is 1. The Labute approximate surface area is 201 Å². The molecule has 0 spiro atoms. The molecule has 0 bridgehead atoms. The topological polar surface area (TPSA) is 119 Å². The van der Waals surface area contributed by atoms with E-state index < -0.39 is 27.8 Å². The summed E-state index contributed by atoms with van der Waals surface area (Å²) in [5.74, 6) is -0.539. The summed E-state index contributed by atoms with van der Waals surface area (Å²) in [7, 11) is -3.92. The molecule has 1 amide bonds. The average molecular weight is 559 g/mol. The summed E-state index contributed by atoms with van der Waals surface area (Å²) < 4.78 is 67.9. The van der Waals surface area contributed by atoms with Crippen molar-refractivity contribution in [3.05, 3.63) is 58.6 Å². The second kappa shape index (κ2) is 9.33. The zero-order chi connectivity index (χ0) is 24.5. The SMILES string of the molecule is O=C(CCn1nc(C(F)(F)F)c(Br)c1C1CC1)Nc1ccc(S(=O)(=O)Nc2ncccn2)cc1. The van der Waals surface area contributed by atoms with Crippen LogP contribution in [0.25, 0.3) is 0 Å². The third-order valence-corrected chi connectivity index (χ3v) is 7.08. The summed E-state index contributed by atoms with van der Waals surface area (Å²) in [5, 5.41) is 6.28. The molecule has 0 saturated heterocycles. The molecule has 0 aliphatic heterocycles. The standard InChI is InChI=1S/C20H18BrF3N6O3S/c21-16-17(12-2-3-12)30(28-18(16)20(22,23)24)11-8-15(31)27-13-4-6-14(7-5-13)34(32,33)29-19-25-9-1-10-26-19/h1,4-7,9-10,12H,2-3,8,11H2,(H,27,31)(H,25,26,29). The smallest absolute Gasteiger partial charge is 0.326 e. The molecular weight excluding hydrogens is 541 g/mol. The molecule has 0 radical (unpaired) electrons. The van der Waals surface area contributed by atoms with Crippen molar-refractivity contribution in [3.63, 3.8) is 0 Å². The molecule has 0 atom stereocenters. The highest BCUT2D eigenvalue weighted by Crippen LogP contribution is 2.47. The number of anilines is 2. The number of amides is 1. The quantitative estimate of drug-likeness (QED) is 0.428. The van der Waals surface area contributed by atoms with Gasteiger partial charge in [0.2, 0.25) is 11.9 Å². The largest absolute Gasteiger partial charge is 0.436 e. The molecule has 4 rings (SSSR count). The number of nitrogens with one attached hydrogen (secondary N) is 2. The molecule has 1 aliphatic rings. The molecule has 2 heterocycles. The average Bonchev–Trinajstić information content (AvgIpc) is 3.54. The van der Waals surface area contributed by atoms with Crippen LogP contribution in [0.1, 0.15) is 36.6 Å². The van der Waals surface area contributed by atoms with Crippen LogP contribution in [-0.2, 0) is 27.5 Å². The normalized spacial score (nSPS) is 14.1. The Kier molecular flexibility index (Phi) is 6.62. The van der Waals surface area contributed by atoms with Crippen LogP contribution in [0.2, 0.25) is 0 Å². The minimum atomic E-state index is -4.60. The summed E-state index contributed by atoms with van der Waals surface area (Å²) in [4.78, 5) is 19.9. The molecule has 9 nitrogen and oxygen atoms in total. The van der Waals surface area contributed by atoms with Crippen molar-refractivity contribution in [2.75, 3.05) is 10.0 Å². The number of rotatable bonds is 8. The van der Waals surface area contributed by atoms with Crippen molar-refractivity contribution in [1.29, 1.82) is 0 Å². The molecule has 1 fully saturated rings. The molecule has 180 valence electrons. The number of carbonyl (C=O) groups is 1. The van der Waals surface area contributed by atoms with Gasteiger partial charge in [-0.25, -0.2) is 23.1 Å². The number of hydrogen-bond donors (Lipinski definition) is 2. The summed E-state index contributed by atoms with van der Waals surface area (Å²) >= 11 is 3.02. The number of alkyl halides is 3. The molecule has 34 heavy (non-hydrogen) atoms. The Bertz CT molecular complexity index is 1290. The second-order valence-electron chi connectivity index (χ2n) is 7.54. The lowest BCUT2D eigenvalue weighted by Gasteiger charge is -2.09. The number of hydrogen-bond acceptors (Lipinski definition) is 6. The number of aromatic nitrogens is 4. The van der Waals surface area contributed by atoms with Gasteiger partial charge in [-0.3, -0.25) is 9.48 Å². The van der Waals surface area contributed by atoms with Gasteiger partial charge in [-0.2, -0.15) is 18.3 Å². The van der Waals surface area contributed by atoms with Gasteiger partial charge in [0.1, 0.15) is 0 Å². The predicted molar refractivity (Wildman–Crippen MR) is 119 cm³/mol. The Morgan fingerprint density at radius 1 is 1.15 bits per heavy atom. The first kappa shape index (κ1) is 24.1. The first-order valence-electron chi connectivity index (χ1n) is 10.1. The van der Waals surface area contributed by atoms with E-state index in [-0.39, 0.29) is 34.2 Å². The first-order valence-corrected chi connectivity index (χ1v) is 12.4. The fraction of sp³-hybridized carbons (Fsp3) is 0.300. The maximum atomic E-state index is 13.2. The highest BCUT2D eigenvalue weighted by molar-refractivity contribution is 9.10. The van der Waals surface area contributed by atoms with Crippen LogP contribution in [0.15, 0.2) is 52.1 Å². The number of halogens is 4. The predicted octanol–water partition coefficient (Wildman–Crippen LogP) is 4.16. The molecule has 14 heteroatoms. The molecule has 0 unspecified atom stereocenters. The zero-order valence-electron chi connectivity index (χ0n) is 17.4. The summed E-state index contributed by atoms with van der Waals surface area (Å²) in [6.07, 6.45) is -0.383. The molecule has 2 N–H and O–H groups in total. The highest BCUT2D eigenvalue weighted by atomic mass is 79.9. The third-order valence-electron chi connectivity index (χ3n) is 4.95. The van der Waals surface area contributed by atoms with E-state index in [1.807, 2.05) is 0 Å². The number of benzene rings is 1. The lowest BCUT2D eigenvalue weighted by Crippen LogP contribution is -2.17. The Morgan fingerprint density at radius 2 is 1.79 bits per heavy atom. The van der Waals surface area contributed by atoms with E-state index >= 15 is 0 Å². The zero-order valence-corrected chi connectivity index (χ0v) is 19.8. The monoisotopic (exact) mass is 558 g/mol. The van der Waals surface area contributed by atoms with Crippen molar-refractivity contribution in [2.24, 2.45) is 0 Å². The Hall–Kier alpha value is -3.00. The van der Waals surface area contributed by atoms with Gasteiger partial charge in [-0.05, 0) is 59.1 Å². The summed E-state index contributed by atoms with van der Waals surface area (Å²) in [6.45, 7) is -0.0280. The summed E-state index contributed by atoms with van der Waals surface area (Å²) in [6, 6.07) is 6.95. The maximum absolute atomic E-state index is 13.2. The van der Waals surface area contributed by atoms with E-state index in [4.69, 9.17) is 0 Å². The minimum absolute atomic E-state index is 0.00887. The first-order chi connectivity index (χ1) is 16.0. The van der Waals surface area contributed by atoms with Gasteiger partial charge >= 0.3 is 6.18 Å². The lowest BCUT2D eigenvalue weighted by molar-refractivity contribution is -0.142. The van der Waals surface area contributed by atoms with Crippen LogP contribution in [0.5, 0.6) is 0 Å². The van der Waals surface area contributed by atoms with Crippen molar-refractivity contribution in [1.82, 2.24) is 19.7 Å². The van der Waals surface area contributed by atoms with E-state index in [0.717, 1.165) is 12.8 Å². The van der Waals surface area contributed by atoms with Crippen molar-refractivity contribution >= 4 is 43.5 Å². The van der Waals surface area contributed by atoms with Crippen LogP contribution in [0.3, 0.4) is 0 Å². The van der Waals surface area contributed by atoms with Gasteiger partial charge in [0.15, 0.2) is 5.69 Å². The Morgan fingerprint density at radius 3 is 2.38 bits per heavy atom. The van der Waals surface area contributed by atoms with Crippen LogP contribution >= 0.6 is 15.9 Å². The van der Waals surface area contributed by atoms with E-state index in [0.29, 0.717) is 11.4 Å². The number of aryl methyl sites for hydroxylation is 1. The van der Waals surface area contributed by atoms with Crippen LogP contribution in [0, 0.1) is 0 Å². The fourth-order valence-corrected chi connectivity index (χ4v) is 5.02. The molecule has 1 aromatic carbocycles. The number of nitrogens with zero attached hydrogens (tertiary/aromatic N) is 4. The minimum Gasteiger partial charge on any atom is -0.326 e. The van der Waals surface area contributed by atoms with Crippen LogP contribution in [0.4, 0.5) is 24.8 Å². The van der Waals surface area contributed by atoms with E-state index in [9.17, 15) is 26.4 Å². The van der Waals surface area contributed by atoms with Gasteiger partial charge in [0.25, 0.3) is 10.0 Å². The van der Waals surface area contributed by atoms with Gasteiger partial charge < -0.3 is 5.32 Å². The van der Waals surface area contributed by atoms with Gasteiger partial charge in [-0.1, -0.05) is 0 Å². The molecule has 2 aromatic heterocycles. The summed E-state index contributed by atoms with van der Waals surface area (Å²) in [5.41, 5.74) is -0.217. The molecule has 1 saturated carbocycles. The Balaban J connectivity index is 1.39. The molecular formula is C20H18BrF3N6O3S. The van der Waals surface area contributed by atoms with Crippen LogP contribution < -0.4 is 10.0 Å². The lowest BCUT2D eigenvalue weighted by atomic mass is 10.2. The highest BCUT2D eigenvalue weighted by Gasteiger charge is 2.41.